The maximum absolute atomic E-state index is 12.4. The number of rotatable bonds is 9. The molecule has 0 aliphatic rings. The Morgan fingerprint density at radius 3 is 2.81 bits per heavy atom. The zero-order valence-corrected chi connectivity index (χ0v) is 15.9. The van der Waals surface area contributed by atoms with Gasteiger partial charge >= 0.3 is 6.03 Å². The van der Waals surface area contributed by atoms with Crippen LogP contribution in [0.5, 0.6) is 5.75 Å². The van der Waals surface area contributed by atoms with Crippen LogP contribution in [0.4, 0.5) is 4.79 Å². The molecule has 0 aliphatic heterocycles. The van der Waals surface area contributed by atoms with Crippen LogP contribution in [-0.2, 0) is 11.8 Å². The van der Waals surface area contributed by atoms with Crippen LogP contribution in [-0.4, -0.2) is 41.9 Å². The van der Waals surface area contributed by atoms with Gasteiger partial charge in [0.1, 0.15) is 17.6 Å². The van der Waals surface area contributed by atoms with Crippen molar-refractivity contribution < 1.29 is 14.3 Å². The van der Waals surface area contributed by atoms with Crippen LogP contribution >= 0.6 is 0 Å². The number of imidazole rings is 1. The summed E-state index contributed by atoms with van der Waals surface area (Å²) in [7, 11) is 3.52. The standard InChI is InChI=1S/C19H28N4O3/c1-14(2)26-12-6-9-21-19(24)22-17(18-20-10-11-23(18)3)15-7-5-8-16(13-15)25-4/h5,7-8,10-11,13-14,17H,6,9,12H2,1-4H3,(H2,21,22,24). The molecule has 1 unspecified atom stereocenters. The fourth-order valence-corrected chi connectivity index (χ4v) is 2.55. The maximum atomic E-state index is 12.4. The molecule has 2 aromatic rings. The molecular formula is C19H28N4O3. The van der Waals surface area contributed by atoms with Crippen molar-refractivity contribution in [3.8, 4) is 5.75 Å². The van der Waals surface area contributed by atoms with E-state index < -0.39 is 0 Å². The monoisotopic (exact) mass is 360 g/mol. The number of carbonyl (C=O) groups excluding carboxylic acids is 1. The van der Waals surface area contributed by atoms with Crippen molar-refractivity contribution in [1.82, 2.24) is 20.2 Å². The third-order valence-electron chi connectivity index (χ3n) is 3.88. The Balaban J connectivity index is 2.03. The second-order valence-corrected chi connectivity index (χ2v) is 6.28. The van der Waals surface area contributed by atoms with Gasteiger partial charge in [-0.3, -0.25) is 0 Å². The normalized spacial score (nSPS) is 12.0. The number of aryl methyl sites for hydroxylation is 1. The van der Waals surface area contributed by atoms with Crippen LogP contribution in [0, 0.1) is 0 Å². The molecule has 0 fully saturated rings. The Kier molecular flexibility index (Phi) is 7.47. The molecule has 142 valence electrons. The predicted octanol–water partition coefficient (Wildman–Crippen LogP) is 2.63. The summed E-state index contributed by atoms with van der Waals surface area (Å²) >= 11 is 0. The molecule has 0 saturated heterocycles. The van der Waals surface area contributed by atoms with E-state index in [9.17, 15) is 4.79 Å². The van der Waals surface area contributed by atoms with Crippen molar-refractivity contribution in [2.45, 2.75) is 32.4 Å². The van der Waals surface area contributed by atoms with Gasteiger partial charge < -0.3 is 24.7 Å². The molecular weight excluding hydrogens is 332 g/mol. The van der Waals surface area contributed by atoms with Crippen molar-refractivity contribution in [3.05, 3.63) is 48.0 Å². The van der Waals surface area contributed by atoms with Crippen molar-refractivity contribution in [2.75, 3.05) is 20.3 Å². The molecule has 1 aromatic carbocycles. The first-order chi connectivity index (χ1) is 12.5. The number of carbonyl (C=O) groups is 1. The first-order valence-electron chi connectivity index (χ1n) is 8.78. The average molecular weight is 360 g/mol. The highest BCUT2D eigenvalue weighted by Crippen LogP contribution is 2.24. The zero-order chi connectivity index (χ0) is 18.9. The highest BCUT2D eigenvalue weighted by Gasteiger charge is 2.21. The van der Waals surface area contributed by atoms with Crippen molar-refractivity contribution >= 4 is 6.03 Å². The number of urea groups is 1. The molecule has 0 bridgehead atoms. The molecule has 7 nitrogen and oxygen atoms in total. The highest BCUT2D eigenvalue weighted by atomic mass is 16.5. The number of methoxy groups -OCH3 is 1. The molecule has 0 aliphatic carbocycles. The Morgan fingerprint density at radius 1 is 1.35 bits per heavy atom. The average Bonchev–Trinajstić information content (AvgIpc) is 3.05. The Bertz CT molecular complexity index is 700. The largest absolute Gasteiger partial charge is 0.497 e. The first kappa shape index (κ1) is 19.8. The maximum Gasteiger partial charge on any atom is 0.315 e. The molecule has 2 N–H and O–H groups in total. The van der Waals surface area contributed by atoms with Crippen molar-refractivity contribution in [2.24, 2.45) is 7.05 Å². The lowest BCUT2D eigenvalue weighted by molar-refractivity contribution is 0.0774. The molecule has 0 saturated carbocycles. The Labute approximate surface area is 154 Å². The lowest BCUT2D eigenvalue weighted by Crippen LogP contribution is -2.39. The van der Waals surface area contributed by atoms with Gasteiger partial charge in [0.25, 0.3) is 0 Å². The molecule has 1 heterocycles. The van der Waals surface area contributed by atoms with Crippen LogP contribution in [0.2, 0.25) is 0 Å². The van der Waals surface area contributed by atoms with Crippen LogP contribution < -0.4 is 15.4 Å². The van der Waals surface area contributed by atoms with Gasteiger partial charge in [-0.25, -0.2) is 9.78 Å². The smallest absolute Gasteiger partial charge is 0.315 e. The van der Waals surface area contributed by atoms with Gasteiger partial charge in [-0.15, -0.1) is 0 Å². The fraction of sp³-hybridized carbons (Fsp3) is 0.474. The van der Waals surface area contributed by atoms with E-state index >= 15 is 0 Å². The minimum Gasteiger partial charge on any atom is -0.497 e. The van der Waals surface area contributed by atoms with E-state index in [1.54, 1.807) is 13.3 Å². The van der Waals surface area contributed by atoms with Crippen molar-refractivity contribution in [1.29, 1.82) is 0 Å². The van der Waals surface area contributed by atoms with Gasteiger partial charge in [-0.05, 0) is 38.0 Å². The molecule has 0 radical (unpaired) electrons. The summed E-state index contributed by atoms with van der Waals surface area (Å²) in [5, 5.41) is 5.87. The van der Waals surface area contributed by atoms with E-state index in [0.717, 1.165) is 23.6 Å². The summed E-state index contributed by atoms with van der Waals surface area (Å²) in [5.41, 5.74) is 0.900. The third kappa shape index (κ3) is 5.77. The number of hydrogen-bond donors (Lipinski definition) is 2. The van der Waals surface area contributed by atoms with Gasteiger partial charge in [-0.2, -0.15) is 0 Å². The lowest BCUT2D eigenvalue weighted by Gasteiger charge is -2.20. The van der Waals surface area contributed by atoms with Crippen LogP contribution in [0.25, 0.3) is 0 Å². The second-order valence-electron chi connectivity index (χ2n) is 6.28. The number of hydrogen-bond acceptors (Lipinski definition) is 4. The first-order valence-corrected chi connectivity index (χ1v) is 8.78. The third-order valence-corrected chi connectivity index (χ3v) is 3.88. The number of nitrogens with zero attached hydrogens (tertiary/aromatic N) is 2. The van der Waals surface area contributed by atoms with E-state index in [0.29, 0.717) is 13.2 Å². The molecule has 1 atom stereocenters. The van der Waals surface area contributed by atoms with E-state index in [1.165, 1.54) is 0 Å². The quantitative estimate of drug-likeness (QED) is 0.674. The number of nitrogens with one attached hydrogen (secondary N) is 2. The van der Waals surface area contributed by atoms with Crippen LogP contribution in [0.15, 0.2) is 36.7 Å². The highest BCUT2D eigenvalue weighted by molar-refractivity contribution is 5.74. The van der Waals surface area contributed by atoms with E-state index in [-0.39, 0.29) is 18.2 Å². The minimum absolute atomic E-state index is 0.199. The summed E-state index contributed by atoms with van der Waals surface area (Å²) in [6.07, 6.45) is 4.53. The van der Waals surface area contributed by atoms with Gasteiger partial charge in [0.15, 0.2) is 0 Å². The predicted molar refractivity (Wildman–Crippen MR) is 100 cm³/mol. The van der Waals surface area contributed by atoms with Gasteiger partial charge in [0.05, 0.1) is 13.2 Å². The SMILES string of the molecule is COc1cccc(C(NC(=O)NCCCOC(C)C)c2nccn2C)c1. The second kappa shape index (κ2) is 9.82. The van der Waals surface area contributed by atoms with Gasteiger partial charge in [0, 0.05) is 32.6 Å². The molecule has 1 aromatic heterocycles. The molecule has 26 heavy (non-hydrogen) atoms. The number of benzene rings is 1. The summed E-state index contributed by atoms with van der Waals surface area (Å²) < 4.78 is 12.7. The zero-order valence-electron chi connectivity index (χ0n) is 15.9. The van der Waals surface area contributed by atoms with Crippen LogP contribution in [0.1, 0.15) is 37.7 Å². The summed E-state index contributed by atoms with van der Waals surface area (Å²) in [6.45, 7) is 5.15. The number of ether oxygens (including phenoxy) is 2. The van der Waals surface area contributed by atoms with E-state index in [2.05, 4.69) is 15.6 Å². The van der Waals surface area contributed by atoms with E-state index in [4.69, 9.17) is 9.47 Å². The number of amides is 2. The topological polar surface area (TPSA) is 77.4 Å². The lowest BCUT2D eigenvalue weighted by atomic mass is 10.1. The Morgan fingerprint density at radius 2 is 2.15 bits per heavy atom. The van der Waals surface area contributed by atoms with Crippen LogP contribution in [0.3, 0.4) is 0 Å². The molecule has 7 heteroatoms. The Hall–Kier alpha value is -2.54. The summed E-state index contributed by atoms with van der Waals surface area (Å²) in [4.78, 5) is 16.7. The van der Waals surface area contributed by atoms with E-state index in [1.807, 2.05) is 55.9 Å². The van der Waals surface area contributed by atoms with Gasteiger partial charge in [-0.1, -0.05) is 12.1 Å². The molecule has 2 amide bonds. The minimum atomic E-state index is -0.378. The summed E-state index contributed by atoms with van der Waals surface area (Å²) in [6, 6.07) is 6.98. The molecule has 2 rings (SSSR count). The number of aromatic nitrogens is 2. The van der Waals surface area contributed by atoms with Gasteiger partial charge in [0.2, 0.25) is 0 Å². The molecule has 0 spiro atoms. The van der Waals surface area contributed by atoms with Crippen molar-refractivity contribution in [3.63, 3.8) is 0 Å². The summed E-state index contributed by atoms with van der Waals surface area (Å²) in [5.74, 6) is 1.48. The fourth-order valence-electron chi connectivity index (χ4n) is 2.55.